The van der Waals surface area contributed by atoms with E-state index in [4.69, 9.17) is 0 Å². The van der Waals surface area contributed by atoms with Gasteiger partial charge >= 0.3 is 15.6 Å². The summed E-state index contributed by atoms with van der Waals surface area (Å²) in [6.07, 6.45) is 3.06. The van der Waals surface area contributed by atoms with Crippen LogP contribution in [0.4, 0.5) is 17.6 Å². The number of hydrogen-bond acceptors (Lipinski definition) is 3. The molecule has 0 radical (unpaired) electrons. The summed E-state index contributed by atoms with van der Waals surface area (Å²) in [7, 11) is -5.47. The molecule has 0 heterocycles. The fraction of sp³-hybridized carbons (Fsp3) is 0.538. The van der Waals surface area contributed by atoms with E-state index in [2.05, 4.69) is 4.18 Å². The van der Waals surface area contributed by atoms with Crippen LogP contribution in [0.2, 0.25) is 0 Å². The lowest BCUT2D eigenvalue weighted by Crippen LogP contribution is -2.25. The Morgan fingerprint density at radius 2 is 1.52 bits per heavy atom. The summed E-state index contributed by atoms with van der Waals surface area (Å²) < 4.78 is 73.5. The third-order valence-electron chi connectivity index (χ3n) is 2.80. The summed E-state index contributed by atoms with van der Waals surface area (Å²) in [5.74, 6) is -0.304. The van der Waals surface area contributed by atoms with E-state index in [0.29, 0.717) is 6.42 Å². The van der Waals surface area contributed by atoms with Gasteiger partial charge in [0.1, 0.15) is 5.82 Å². The molecule has 0 fully saturated rings. The van der Waals surface area contributed by atoms with E-state index in [1.165, 1.54) is 12.1 Å². The van der Waals surface area contributed by atoms with E-state index in [1.54, 1.807) is 12.1 Å². The maximum Gasteiger partial charge on any atom is 0.523 e. The highest BCUT2D eigenvalue weighted by molar-refractivity contribution is 7.87. The molecule has 0 atom stereocenters. The highest BCUT2D eigenvalue weighted by Crippen LogP contribution is 2.24. The molecule has 3 nitrogen and oxygen atoms in total. The van der Waals surface area contributed by atoms with Crippen molar-refractivity contribution >= 4 is 10.1 Å². The van der Waals surface area contributed by atoms with E-state index in [-0.39, 0.29) is 12.2 Å². The van der Waals surface area contributed by atoms with Gasteiger partial charge in [0.15, 0.2) is 0 Å². The molecule has 0 aromatic heterocycles. The predicted octanol–water partition coefficient (Wildman–Crippen LogP) is 3.79. The minimum absolute atomic E-state index is 0.235. The Kier molecular flexibility index (Phi) is 6.60. The lowest BCUT2D eigenvalue weighted by Gasteiger charge is -2.08. The zero-order valence-electron chi connectivity index (χ0n) is 11.2. The molecule has 0 bridgehead atoms. The Labute approximate surface area is 121 Å². The van der Waals surface area contributed by atoms with E-state index in [1.807, 2.05) is 0 Å². The van der Waals surface area contributed by atoms with E-state index in [9.17, 15) is 26.0 Å². The van der Waals surface area contributed by atoms with Crippen LogP contribution in [0.5, 0.6) is 0 Å². The zero-order chi connectivity index (χ0) is 15.9. The lowest BCUT2D eigenvalue weighted by molar-refractivity contribution is -0.0542. The van der Waals surface area contributed by atoms with Crippen molar-refractivity contribution in [2.75, 3.05) is 6.61 Å². The SMILES string of the molecule is O=S(=O)(OCCCCCCc1ccc(F)cc1)C(F)(F)F. The number of hydrogen-bond donors (Lipinski definition) is 0. The van der Waals surface area contributed by atoms with Crippen molar-refractivity contribution in [3.63, 3.8) is 0 Å². The Morgan fingerprint density at radius 3 is 2.10 bits per heavy atom. The van der Waals surface area contributed by atoms with Crippen molar-refractivity contribution < 1.29 is 30.2 Å². The normalized spacial score (nSPS) is 12.6. The average Bonchev–Trinajstić information content (AvgIpc) is 2.38. The number of unbranched alkanes of at least 4 members (excludes halogenated alkanes) is 3. The highest BCUT2D eigenvalue weighted by atomic mass is 32.2. The number of halogens is 4. The van der Waals surface area contributed by atoms with Gasteiger partial charge in [-0.25, -0.2) is 4.39 Å². The fourth-order valence-electron chi connectivity index (χ4n) is 1.67. The van der Waals surface area contributed by atoms with Crippen LogP contribution < -0.4 is 0 Å². The first-order chi connectivity index (χ1) is 9.72. The quantitative estimate of drug-likeness (QED) is 0.316. The van der Waals surface area contributed by atoms with Gasteiger partial charge in [-0.1, -0.05) is 25.0 Å². The van der Waals surface area contributed by atoms with Gasteiger partial charge < -0.3 is 0 Å². The molecule has 1 aromatic rings. The molecule has 0 saturated carbocycles. The minimum atomic E-state index is -5.47. The van der Waals surface area contributed by atoms with Gasteiger partial charge in [-0.05, 0) is 37.0 Å². The van der Waals surface area contributed by atoms with Gasteiger partial charge in [-0.3, -0.25) is 4.18 Å². The minimum Gasteiger partial charge on any atom is -0.263 e. The molecule has 8 heteroatoms. The molecule has 0 aliphatic carbocycles. The molecular weight excluding hydrogens is 312 g/mol. The summed E-state index contributed by atoms with van der Waals surface area (Å²) in [6.45, 7) is -0.474. The Morgan fingerprint density at radius 1 is 0.952 bits per heavy atom. The molecule has 0 N–H and O–H groups in total. The van der Waals surface area contributed by atoms with Crippen molar-refractivity contribution in [3.8, 4) is 0 Å². The maximum absolute atomic E-state index is 12.7. The molecule has 0 aliphatic heterocycles. The van der Waals surface area contributed by atoms with Crippen molar-refractivity contribution in [2.45, 2.75) is 37.6 Å². The van der Waals surface area contributed by atoms with Gasteiger partial charge in [-0.15, -0.1) is 0 Å². The zero-order valence-corrected chi connectivity index (χ0v) is 12.0. The second-order valence-electron chi connectivity index (χ2n) is 4.51. The molecular formula is C13H16F4O3S. The highest BCUT2D eigenvalue weighted by Gasteiger charge is 2.47. The molecule has 0 amide bonds. The lowest BCUT2D eigenvalue weighted by atomic mass is 10.1. The first kappa shape index (κ1) is 17.9. The third kappa shape index (κ3) is 6.43. The van der Waals surface area contributed by atoms with Crippen LogP contribution in [-0.4, -0.2) is 20.5 Å². The summed E-state index contributed by atoms with van der Waals surface area (Å²) in [5, 5.41) is 0. The van der Waals surface area contributed by atoms with Crippen LogP contribution in [0.25, 0.3) is 0 Å². The number of benzene rings is 1. The van der Waals surface area contributed by atoms with Crippen LogP contribution >= 0.6 is 0 Å². The average molecular weight is 328 g/mol. The second kappa shape index (κ2) is 7.74. The number of alkyl halides is 3. The molecule has 1 aromatic carbocycles. The van der Waals surface area contributed by atoms with Gasteiger partial charge in [0.25, 0.3) is 0 Å². The van der Waals surface area contributed by atoms with Crippen LogP contribution in [-0.2, 0) is 20.7 Å². The monoisotopic (exact) mass is 328 g/mol. The summed E-state index contributed by atoms with van der Waals surface area (Å²) in [4.78, 5) is 0. The molecule has 0 aliphatic rings. The van der Waals surface area contributed by atoms with Crippen LogP contribution in [0.1, 0.15) is 31.2 Å². The van der Waals surface area contributed by atoms with Crippen LogP contribution in [0.15, 0.2) is 24.3 Å². The Bertz CT molecular complexity index is 523. The third-order valence-corrected chi connectivity index (χ3v) is 3.84. The molecule has 120 valence electrons. The molecule has 1 rings (SSSR count). The fourth-order valence-corrected chi connectivity index (χ4v) is 2.14. The summed E-state index contributed by atoms with van der Waals surface area (Å²) in [6, 6.07) is 6.08. The summed E-state index contributed by atoms with van der Waals surface area (Å²) in [5.41, 5.74) is -4.39. The van der Waals surface area contributed by atoms with Crippen molar-refractivity contribution in [3.05, 3.63) is 35.6 Å². The van der Waals surface area contributed by atoms with Gasteiger partial charge in [0, 0.05) is 0 Å². The van der Waals surface area contributed by atoms with Gasteiger partial charge in [0.2, 0.25) is 0 Å². The molecule has 0 saturated heterocycles. The first-order valence-corrected chi connectivity index (χ1v) is 7.83. The van der Waals surface area contributed by atoms with Gasteiger partial charge in [0.05, 0.1) is 6.61 Å². The van der Waals surface area contributed by atoms with Crippen molar-refractivity contribution in [2.24, 2.45) is 0 Å². The topological polar surface area (TPSA) is 43.4 Å². The maximum atomic E-state index is 12.7. The Balaban J connectivity index is 2.12. The molecule has 0 unspecified atom stereocenters. The van der Waals surface area contributed by atoms with Gasteiger partial charge in [-0.2, -0.15) is 21.6 Å². The Hall–Kier alpha value is -1.15. The van der Waals surface area contributed by atoms with E-state index in [0.717, 1.165) is 24.8 Å². The van der Waals surface area contributed by atoms with Crippen LogP contribution in [0.3, 0.4) is 0 Å². The standard InChI is InChI=1S/C13H16F4O3S/c14-12-8-6-11(7-9-12)5-3-1-2-4-10-20-21(18,19)13(15,16)17/h6-9H,1-5,10H2. The van der Waals surface area contributed by atoms with E-state index >= 15 is 0 Å². The van der Waals surface area contributed by atoms with Crippen molar-refractivity contribution in [1.29, 1.82) is 0 Å². The van der Waals surface area contributed by atoms with Crippen molar-refractivity contribution in [1.82, 2.24) is 0 Å². The predicted molar refractivity (Wildman–Crippen MR) is 69.5 cm³/mol. The van der Waals surface area contributed by atoms with Crippen LogP contribution in [0, 0.1) is 5.82 Å². The smallest absolute Gasteiger partial charge is 0.263 e. The van der Waals surface area contributed by atoms with E-state index < -0.39 is 22.2 Å². The second-order valence-corrected chi connectivity index (χ2v) is 6.12. The molecule has 0 spiro atoms. The largest absolute Gasteiger partial charge is 0.523 e. The summed E-state index contributed by atoms with van der Waals surface area (Å²) >= 11 is 0. The molecule has 21 heavy (non-hydrogen) atoms. The first-order valence-electron chi connectivity index (χ1n) is 6.42. The number of aryl methyl sites for hydroxylation is 1. The number of rotatable bonds is 8.